The van der Waals surface area contributed by atoms with Crippen LogP contribution in [-0.2, 0) is 6.42 Å². The first-order valence-electron chi connectivity index (χ1n) is 8.34. The molecule has 0 atom stereocenters. The van der Waals surface area contributed by atoms with Crippen LogP contribution in [0.2, 0.25) is 0 Å². The zero-order valence-electron chi connectivity index (χ0n) is 12.8. The molecule has 1 aliphatic carbocycles. The van der Waals surface area contributed by atoms with Gasteiger partial charge in [0.15, 0.2) is 5.82 Å². The van der Waals surface area contributed by atoms with E-state index in [9.17, 15) is 0 Å². The quantitative estimate of drug-likeness (QED) is 0.847. The van der Waals surface area contributed by atoms with E-state index in [-0.39, 0.29) is 0 Å². The fourth-order valence-corrected chi connectivity index (χ4v) is 3.85. The lowest BCUT2D eigenvalue weighted by Crippen LogP contribution is -2.34. The molecule has 2 aromatic rings. The van der Waals surface area contributed by atoms with E-state index in [1.165, 1.54) is 24.1 Å². The molecule has 2 aromatic heterocycles. The molecule has 0 unspecified atom stereocenters. The average Bonchev–Trinajstić information content (AvgIpc) is 3.15. The minimum Gasteiger partial charge on any atom is -0.339 e. The van der Waals surface area contributed by atoms with E-state index in [4.69, 9.17) is 4.52 Å². The van der Waals surface area contributed by atoms with Crippen LogP contribution >= 0.6 is 11.5 Å². The molecule has 5 nitrogen and oxygen atoms in total. The molecule has 0 bridgehead atoms. The molecule has 0 spiro atoms. The number of nitrogens with zero attached hydrogens (tertiary/aromatic N) is 4. The van der Waals surface area contributed by atoms with Crippen molar-refractivity contribution in [1.29, 1.82) is 0 Å². The summed E-state index contributed by atoms with van der Waals surface area (Å²) in [7, 11) is 0. The van der Waals surface area contributed by atoms with Gasteiger partial charge < -0.3 is 9.42 Å². The minimum atomic E-state index is 0.459. The predicted octanol–water partition coefficient (Wildman–Crippen LogP) is 3.22. The summed E-state index contributed by atoms with van der Waals surface area (Å²) in [6, 6.07) is 2.12. The number of hydrogen-bond acceptors (Lipinski definition) is 6. The molecular formula is C16H22N4OS. The van der Waals surface area contributed by atoms with Crippen LogP contribution in [0, 0.1) is 0 Å². The lowest BCUT2D eigenvalue weighted by atomic mass is 9.85. The SMILES string of the molecule is c1cc(CCN2CCC(c3nc(C4CCC4)no3)CC2)sn1. The maximum Gasteiger partial charge on any atom is 0.229 e. The first-order valence-corrected chi connectivity index (χ1v) is 9.11. The molecule has 22 heavy (non-hydrogen) atoms. The molecule has 3 heterocycles. The molecule has 1 saturated carbocycles. The van der Waals surface area contributed by atoms with Gasteiger partial charge in [0.05, 0.1) is 0 Å². The minimum absolute atomic E-state index is 0.459. The van der Waals surface area contributed by atoms with Crippen molar-refractivity contribution in [2.75, 3.05) is 19.6 Å². The summed E-state index contributed by atoms with van der Waals surface area (Å²) in [5.74, 6) is 2.86. The first kappa shape index (κ1) is 14.3. The van der Waals surface area contributed by atoms with E-state index in [1.54, 1.807) is 11.5 Å². The number of aromatic nitrogens is 3. The average molecular weight is 318 g/mol. The van der Waals surface area contributed by atoms with Gasteiger partial charge in [-0.05, 0) is 62.8 Å². The van der Waals surface area contributed by atoms with Crippen LogP contribution in [-0.4, -0.2) is 39.0 Å². The molecule has 118 valence electrons. The maximum absolute atomic E-state index is 5.53. The molecule has 1 aliphatic heterocycles. The van der Waals surface area contributed by atoms with Crippen molar-refractivity contribution < 1.29 is 4.52 Å². The van der Waals surface area contributed by atoms with Crippen molar-refractivity contribution >= 4 is 11.5 Å². The van der Waals surface area contributed by atoms with Crippen molar-refractivity contribution in [1.82, 2.24) is 19.4 Å². The monoisotopic (exact) mass is 318 g/mol. The second kappa shape index (κ2) is 6.46. The summed E-state index contributed by atoms with van der Waals surface area (Å²) in [4.78, 5) is 8.58. The highest BCUT2D eigenvalue weighted by atomic mass is 32.1. The third-order valence-electron chi connectivity index (χ3n) is 5.03. The zero-order chi connectivity index (χ0) is 14.8. The smallest absolute Gasteiger partial charge is 0.229 e. The van der Waals surface area contributed by atoms with Gasteiger partial charge in [-0.1, -0.05) is 11.6 Å². The van der Waals surface area contributed by atoms with Crippen LogP contribution in [0.1, 0.15) is 60.5 Å². The fourth-order valence-electron chi connectivity index (χ4n) is 3.29. The van der Waals surface area contributed by atoms with E-state index in [0.29, 0.717) is 11.8 Å². The lowest BCUT2D eigenvalue weighted by Gasteiger charge is -2.30. The van der Waals surface area contributed by atoms with Crippen LogP contribution in [0.4, 0.5) is 0 Å². The van der Waals surface area contributed by atoms with Crippen LogP contribution in [0.5, 0.6) is 0 Å². The normalized spacial score (nSPS) is 21.1. The molecule has 0 radical (unpaired) electrons. The van der Waals surface area contributed by atoms with E-state index in [2.05, 4.69) is 25.5 Å². The molecule has 0 aromatic carbocycles. The van der Waals surface area contributed by atoms with Gasteiger partial charge >= 0.3 is 0 Å². The fraction of sp³-hybridized carbons (Fsp3) is 0.688. The van der Waals surface area contributed by atoms with Gasteiger partial charge in [0.2, 0.25) is 5.89 Å². The Kier molecular flexibility index (Phi) is 4.21. The maximum atomic E-state index is 5.53. The standard InChI is InChI=1S/C16H22N4OS/c1-2-12(3-1)15-18-16(21-19-15)13-5-9-20(10-6-13)11-7-14-4-8-17-22-14/h4,8,12-13H,1-3,5-7,9-11H2. The molecule has 1 saturated heterocycles. The van der Waals surface area contributed by atoms with Crippen LogP contribution in [0.25, 0.3) is 0 Å². The Hall–Kier alpha value is -1.27. The highest BCUT2D eigenvalue weighted by Gasteiger charge is 2.28. The summed E-state index contributed by atoms with van der Waals surface area (Å²) in [6.45, 7) is 3.39. The molecule has 0 amide bonds. The van der Waals surface area contributed by atoms with Crippen LogP contribution in [0.3, 0.4) is 0 Å². The van der Waals surface area contributed by atoms with Gasteiger partial charge in [-0.3, -0.25) is 0 Å². The van der Waals surface area contributed by atoms with Crippen molar-refractivity contribution in [3.8, 4) is 0 Å². The van der Waals surface area contributed by atoms with E-state index in [0.717, 1.165) is 50.6 Å². The second-order valence-electron chi connectivity index (χ2n) is 6.46. The topological polar surface area (TPSA) is 55.1 Å². The number of rotatable bonds is 5. The zero-order valence-corrected chi connectivity index (χ0v) is 13.6. The van der Waals surface area contributed by atoms with Crippen molar-refractivity contribution in [3.05, 3.63) is 28.9 Å². The Bertz CT molecular complexity index is 585. The Morgan fingerprint density at radius 1 is 1.18 bits per heavy atom. The molecule has 6 heteroatoms. The van der Waals surface area contributed by atoms with E-state index in [1.807, 2.05) is 6.20 Å². The summed E-state index contributed by atoms with van der Waals surface area (Å²) in [6.07, 6.45) is 9.05. The summed E-state index contributed by atoms with van der Waals surface area (Å²) in [5, 5.41) is 4.20. The highest BCUT2D eigenvalue weighted by Crippen LogP contribution is 2.36. The van der Waals surface area contributed by atoms with Gasteiger partial charge in [0.25, 0.3) is 0 Å². The summed E-state index contributed by atoms with van der Waals surface area (Å²) >= 11 is 1.61. The Morgan fingerprint density at radius 2 is 2.05 bits per heavy atom. The molecular weight excluding hydrogens is 296 g/mol. The Morgan fingerprint density at radius 3 is 2.73 bits per heavy atom. The third-order valence-corrected chi connectivity index (χ3v) is 5.83. The second-order valence-corrected chi connectivity index (χ2v) is 7.38. The Labute approximate surface area is 134 Å². The predicted molar refractivity (Wildman–Crippen MR) is 85.1 cm³/mol. The van der Waals surface area contributed by atoms with Gasteiger partial charge in [-0.15, -0.1) is 0 Å². The molecule has 4 rings (SSSR count). The number of piperidine rings is 1. The van der Waals surface area contributed by atoms with Crippen molar-refractivity contribution in [3.63, 3.8) is 0 Å². The van der Waals surface area contributed by atoms with Gasteiger partial charge in [0.1, 0.15) is 0 Å². The van der Waals surface area contributed by atoms with E-state index >= 15 is 0 Å². The number of likely N-dealkylation sites (tertiary alicyclic amines) is 1. The van der Waals surface area contributed by atoms with Crippen molar-refractivity contribution in [2.24, 2.45) is 0 Å². The van der Waals surface area contributed by atoms with Crippen LogP contribution in [0.15, 0.2) is 16.8 Å². The van der Waals surface area contributed by atoms with E-state index < -0.39 is 0 Å². The molecule has 0 N–H and O–H groups in total. The number of hydrogen-bond donors (Lipinski definition) is 0. The Balaban J connectivity index is 1.27. The first-order chi connectivity index (χ1) is 10.9. The largest absolute Gasteiger partial charge is 0.339 e. The third kappa shape index (κ3) is 3.08. The van der Waals surface area contributed by atoms with Gasteiger partial charge in [-0.2, -0.15) is 4.98 Å². The molecule has 2 fully saturated rings. The summed E-state index contributed by atoms with van der Waals surface area (Å²) < 4.78 is 9.69. The highest BCUT2D eigenvalue weighted by molar-refractivity contribution is 7.05. The van der Waals surface area contributed by atoms with Gasteiger partial charge in [-0.25, -0.2) is 4.37 Å². The van der Waals surface area contributed by atoms with Gasteiger partial charge in [0, 0.05) is 29.5 Å². The summed E-state index contributed by atoms with van der Waals surface area (Å²) in [5.41, 5.74) is 0. The van der Waals surface area contributed by atoms with Crippen molar-refractivity contribution in [2.45, 2.75) is 50.4 Å². The lowest BCUT2D eigenvalue weighted by molar-refractivity contribution is 0.196. The van der Waals surface area contributed by atoms with Crippen LogP contribution < -0.4 is 0 Å². The molecule has 2 aliphatic rings.